The smallest absolute Gasteiger partial charge is 0.410 e. The van der Waals surface area contributed by atoms with Crippen LogP contribution >= 0.6 is 24.2 Å². The number of allylic oxidation sites excluding steroid dienone is 2. The monoisotopic (exact) mass is 313 g/mol. The van der Waals surface area contributed by atoms with Gasteiger partial charge in [-0.25, -0.2) is 9.18 Å². The molecule has 1 aliphatic rings. The summed E-state index contributed by atoms with van der Waals surface area (Å²) in [5.74, 6) is 0.0761. The number of nitrogens with zero attached hydrogens (tertiary/aromatic N) is 1. The summed E-state index contributed by atoms with van der Waals surface area (Å²) in [5.41, 5.74) is 0.672. The van der Waals surface area contributed by atoms with E-state index >= 15 is 0 Å². The second-order valence-electron chi connectivity index (χ2n) is 4.30. The second-order valence-corrected chi connectivity index (χ2v) is 5.45. The lowest BCUT2D eigenvalue weighted by molar-refractivity contribution is 0.186. The summed E-state index contributed by atoms with van der Waals surface area (Å²) in [6.45, 7) is 0. The maximum absolute atomic E-state index is 13.9. The van der Waals surface area contributed by atoms with Gasteiger partial charge >= 0.3 is 6.09 Å². The number of alkyl halides is 2. The first-order chi connectivity index (χ1) is 9.40. The van der Waals surface area contributed by atoms with E-state index in [1.165, 1.54) is 17.1 Å². The normalized spacial score (nSPS) is 25.0. The van der Waals surface area contributed by atoms with Gasteiger partial charge in [-0.2, -0.15) is 0 Å². The Labute approximate surface area is 127 Å². The summed E-state index contributed by atoms with van der Waals surface area (Å²) in [6.07, 6.45) is 3.29. The Bertz CT molecular complexity index is 560. The van der Waals surface area contributed by atoms with Crippen molar-refractivity contribution < 1.29 is 13.9 Å². The highest BCUT2D eigenvalue weighted by atomic mass is 35.5. The van der Waals surface area contributed by atoms with Gasteiger partial charge in [-0.1, -0.05) is 24.3 Å². The SMILES string of the molecule is CN(C(=O)OC1=CC(F)(S)C(Cl)C=C1)c1ccccc1. The van der Waals surface area contributed by atoms with Gasteiger partial charge in [0, 0.05) is 18.8 Å². The van der Waals surface area contributed by atoms with Crippen molar-refractivity contribution in [2.45, 2.75) is 10.4 Å². The zero-order valence-corrected chi connectivity index (χ0v) is 12.3. The van der Waals surface area contributed by atoms with Crippen LogP contribution in [-0.4, -0.2) is 23.5 Å². The lowest BCUT2D eigenvalue weighted by Crippen LogP contribution is -2.30. The summed E-state index contributed by atoms with van der Waals surface area (Å²) in [5, 5.41) is -2.95. The molecule has 0 spiro atoms. The first kappa shape index (κ1) is 14.9. The highest BCUT2D eigenvalue weighted by Crippen LogP contribution is 2.33. The lowest BCUT2D eigenvalue weighted by Gasteiger charge is -2.24. The Morgan fingerprint density at radius 3 is 2.70 bits per heavy atom. The van der Waals surface area contributed by atoms with Crippen LogP contribution in [0.1, 0.15) is 0 Å². The number of amides is 1. The maximum Gasteiger partial charge on any atom is 0.419 e. The molecule has 0 N–H and O–H groups in total. The number of carbonyl (C=O) groups is 1. The number of ether oxygens (including phenoxy) is 1. The fourth-order valence-corrected chi connectivity index (χ4v) is 1.98. The number of rotatable bonds is 2. The van der Waals surface area contributed by atoms with Crippen molar-refractivity contribution in [2.24, 2.45) is 0 Å². The minimum Gasteiger partial charge on any atom is -0.410 e. The van der Waals surface area contributed by atoms with Gasteiger partial charge in [0.2, 0.25) is 0 Å². The van der Waals surface area contributed by atoms with Gasteiger partial charge in [0.1, 0.15) is 5.76 Å². The zero-order chi connectivity index (χ0) is 14.8. The molecule has 0 saturated carbocycles. The molecule has 1 aromatic carbocycles. The molecule has 0 saturated heterocycles. The van der Waals surface area contributed by atoms with Crippen molar-refractivity contribution in [3.8, 4) is 0 Å². The van der Waals surface area contributed by atoms with Gasteiger partial charge in [0.05, 0.1) is 5.38 Å². The first-order valence-electron chi connectivity index (χ1n) is 5.87. The Balaban J connectivity index is 2.08. The van der Waals surface area contributed by atoms with Gasteiger partial charge in [-0.15, -0.1) is 24.2 Å². The van der Waals surface area contributed by atoms with Gasteiger partial charge in [-0.3, -0.25) is 4.90 Å². The van der Waals surface area contributed by atoms with E-state index in [0.717, 1.165) is 6.08 Å². The molecule has 2 atom stereocenters. The van der Waals surface area contributed by atoms with Crippen molar-refractivity contribution in [3.05, 3.63) is 54.3 Å². The fourth-order valence-electron chi connectivity index (χ4n) is 1.63. The molecule has 106 valence electrons. The number of hydrogen-bond acceptors (Lipinski definition) is 3. The van der Waals surface area contributed by atoms with Crippen molar-refractivity contribution in [3.63, 3.8) is 0 Å². The minimum atomic E-state index is -2.04. The largest absolute Gasteiger partial charge is 0.419 e. The van der Waals surface area contributed by atoms with Gasteiger partial charge in [-0.05, 0) is 18.2 Å². The van der Waals surface area contributed by atoms with Gasteiger partial charge < -0.3 is 4.74 Å². The number of thiol groups is 1. The molecule has 20 heavy (non-hydrogen) atoms. The Kier molecular flexibility index (Phi) is 4.40. The summed E-state index contributed by atoms with van der Waals surface area (Å²) in [6, 6.07) is 8.97. The molecule has 6 heteroatoms. The van der Waals surface area contributed by atoms with E-state index in [1.54, 1.807) is 31.3 Å². The summed E-state index contributed by atoms with van der Waals surface area (Å²) >= 11 is 9.52. The molecule has 0 radical (unpaired) electrons. The van der Waals surface area contributed by atoms with Crippen molar-refractivity contribution >= 4 is 36.0 Å². The van der Waals surface area contributed by atoms with E-state index in [9.17, 15) is 9.18 Å². The summed E-state index contributed by atoms with van der Waals surface area (Å²) < 4.78 is 19.0. The van der Waals surface area contributed by atoms with Crippen LogP contribution in [0, 0.1) is 0 Å². The van der Waals surface area contributed by atoms with E-state index in [0.29, 0.717) is 5.69 Å². The standard InChI is InChI=1S/C14H13ClFNO2S/c1-17(10-5-3-2-4-6-10)13(18)19-11-7-8-12(15)14(16,20)9-11/h2-9,12,20H,1H3. The van der Waals surface area contributed by atoms with E-state index in [2.05, 4.69) is 12.6 Å². The van der Waals surface area contributed by atoms with Crippen LogP contribution in [0.25, 0.3) is 0 Å². The molecule has 2 unspecified atom stereocenters. The lowest BCUT2D eigenvalue weighted by atomic mass is 10.1. The van der Waals surface area contributed by atoms with E-state index in [-0.39, 0.29) is 5.76 Å². The van der Waals surface area contributed by atoms with Crippen LogP contribution in [0.2, 0.25) is 0 Å². The van der Waals surface area contributed by atoms with Crippen LogP contribution in [-0.2, 0) is 4.74 Å². The first-order valence-corrected chi connectivity index (χ1v) is 6.75. The number of carbonyl (C=O) groups excluding carboxylic acids is 1. The second kappa shape index (κ2) is 5.89. The quantitative estimate of drug-likeness (QED) is 0.662. The van der Waals surface area contributed by atoms with Crippen LogP contribution < -0.4 is 4.90 Å². The van der Waals surface area contributed by atoms with E-state index in [1.807, 2.05) is 6.07 Å². The molecule has 1 aromatic rings. The van der Waals surface area contributed by atoms with Crippen LogP contribution in [0.3, 0.4) is 0 Å². The molecule has 1 amide bonds. The highest BCUT2D eigenvalue weighted by Gasteiger charge is 2.34. The number of para-hydroxylation sites is 1. The predicted molar refractivity (Wildman–Crippen MR) is 81.0 cm³/mol. The van der Waals surface area contributed by atoms with E-state index in [4.69, 9.17) is 16.3 Å². The third-order valence-corrected chi connectivity index (χ3v) is 3.81. The zero-order valence-electron chi connectivity index (χ0n) is 10.7. The Morgan fingerprint density at radius 2 is 2.10 bits per heavy atom. The maximum atomic E-state index is 13.9. The molecule has 0 aromatic heterocycles. The average Bonchev–Trinajstić information content (AvgIpc) is 2.42. The molecule has 2 rings (SSSR count). The fraction of sp³-hybridized carbons (Fsp3) is 0.214. The summed E-state index contributed by atoms with van der Waals surface area (Å²) in [4.78, 5) is 13.3. The molecule has 3 nitrogen and oxygen atoms in total. The Morgan fingerprint density at radius 1 is 1.45 bits per heavy atom. The topological polar surface area (TPSA) is 29.5 Å². The number of halogens is 2. The molecule has 0 aliphatic heterocycles. The predicted octanol–water partition coefficient (Wildman–Crippen LogP) is 3.92. The van der Waals surface area contributed by atoms with Gasteiger partial charge in [0.15, 0.2) is 5.00 Å². The van der Waals surface area contributed by atoms with Crippen molar-refractivity contribution in [1.82, 2.24) is 0 Å². The van der Waals surface area contributed by atoms with Crippen molar-refractivity contribution in [1.29, 1.82) is 0 Å². The molecule has 0 bridgehead atoms. The molecule has 0 fully saturated rings. The molecule has 1 aliphatic carbocycles. The van der Waals surface area contributed by atoms with Gasteiger partial charge in [0.25, 0.3) is 0 Å². The Hall–Kier alpha value is -1.46. The number of anilines is 1. The highest BCUT2D eigenvalue weighted by molar-refractivity contribution is 7.82. The number of benzene rings is 1. The minimum absolute atomic E-state index is 0.0761. The van der Waals surface area contributed by atoms with Crippen LogP contribution in [0.4, 0.5) is 14.9 Å². The average molecular weight is 314 g/mol. The summed E-state index contributed by atoms with van der Waals surface area (Å²) in [7, 11) is 1.57. The number of hydrogen-bond donors (Lipinski definition) is 1. The molecular formula is C14H13ClFNO2S. The van der Waals surface area contributed by atoms with Crippen molar-refractivity contribution in [2.75, 3.05) is 11.9 Å². The third kappa shape index (κ3) is 3.35. The van der Waals surface area contributed by atoms with Crippen LogP contribution in [0.15, 0.2) is 54.3 Å². The molecular weight excluding hydrogens is 301 g/mol. The van der Waals surface area contributed by atoms with E-state index < -0.39 is 16.5 Å². The molecule has 0 heterocycles. The van der Waals surface area contributed by atoms with Crippen LogP contribution in [0.5, 0.6) is 0 Å². The third-order valence-electron chi connectivity index (χ3n) is 2.78.